The van der Waals surface area contributed by atoms with Crippen molar-refractivity contribution in [2.75, 3.05) is 21.5 Å². The molecule has 8 heteroatoms. The van der Waals surface area contributed by atoms with Crippen LogP contribution in [0.2, 0.25) is 0 Å². The molecule has 4 heterocycles. The van der Waals surface area contributed by atoms with Crippen molar-refractivity contribution in [2.45, 2.75) is 32.7 Å². The van der Waals surface area contributed by atoms with Crippen molar-refractivity contribution in [2.24, 2.45) is 10.2 Å². The maximum atomic E-state index is 15.5. The molecule has 0 aromatic heterocycles. The molecule has 0 saturated carbocycles. The smallest absolute Gasteiger partial charge is 0.193 e. The van der Waals surface area contributed by atoms with E-state index in [1.165, 1.54) is 0 Å². The van der Waals surface area contributed by atoms with Crippen molar-refractivity contribution in [3.05, 3.63) is 192 Å². The third kappa shape index (κ3) is 4.83. The van der Waals surface area contributed by atoms with E-state index in [1.807, 2.05) is 156 Å². The molecule has 4 unspecified atom stereocenters. The summed E-state index contributed by atoms with van der Waals surface area (Å²) in [5.74, 6) is -0.0219. The zero-order valence-electron chi connectivity index (χ0n) is 29.2. The summed E-state index contributed by atoms with van der Waals surface area (Å²) >= 11 is 3.39. The van der Waals surface area contributed by atoms with Gasteiger partial charge in [0.05, 0.1) is 34.6 Å². The first-order valence-electron chi connectivity index (χ1n) is 18.1. The molecule has 6 aromatic carbocycles. The molecular formula is C46H34N4O2S2. The molecular weight excluding hydrogens is 705 g/mol. The number of fused-ring (bicyclic) bond motifs is 2. The number of hydrogen-bond donors (Lipinski definition) is 0. The standard InChI is InChI=1S/C46H34N4O2S2/c51-43-35-25-13-15-27-37(35)53-29-45(43)39(31-17-5-1-6-18-31)41(47-49(45)33-21-9-3-10-22-33)42-40(32-19-7-2-8-20-32)46(50(48-42)34-23-11-4-12-24-34)30-54-38-28-16-14-26-36(38)44(46)52/h1-28,39-40H,29-30H2. The van der Waals surface area contributed by atoms with Crippen LogP contribution in [0.4, 0.5) is 11.4 Å². The number of anilines is 2. The van der Waals surface area contributed by atoms with E-state index in [0.29, 0.717) is 34.1 Å². The van der Waals surface area contributed by atoms with Crippen LogP contribution in [-0.2, 0) is 0 Å². The third-order valence-corrected chi connectivity index (χ3v) is 13.7. The van der Waals surface area contributed by atoms with E-state index in [2.05, 4.69) is 24.3 Å². The maximum Gasteiger partial charge on any atom is 0.193 e. The normalized spacial score (nSPS) is 24.4. The van der Waals surface area contributed by atoms with Crippen molar-refractivity contribution < 1.29 is 9.59 Å². The Hall–Kier alpha value is -5.70. The summed E-state index contributed by atoms with van der Waals surface area (Å²) in [7, 11) is 0. The number of thioether (sulfide) groups is 2. The van der Waals surface area contributed by atoms with Crippen molar-refractivity contribution >= 4 is 57.9 Å². The largest absolute Gasteiger partial charge is 0.291 e. The Morgan fingerprint density at radius 3 is 1.17 bits per heavy atom. The zero-order chi connectivity index (χ0) is 36.3. The minimum atomic E-state index is -1.12. The second-order valence-corrected chi connectivity index (χ2v) is 16.1. The van der Waals surface area contributed by atoms with E-state index >= 15 is 9.59 Å². The van der Waals surface area contributed by atoms with Gasteiger partial charge >= 0.3 is 0 Å². The van der Waals surface area contributed by atoms with Gasteiger partial charge in [-0.1, -0.05) is 133 Å². The molecule has 6 nitrogen and oxygen atoms in total. The number of ketones is 2. The highest BCUT2D eigenvalue weighted by Gasteiger charge is 2.65. The highest BCUT2D eigenvalue weighted by Crippen LogP contribution is 2.56. The first-order valence-corrected chi connectivity index (χ1v) is 20.1. The fourth-order valence-corrected chi connectivity index (χ4v) is 11.3. The molecule has 0 saturated heterocycles. The average Bonchev–Trinajstić information content (AvgIpc) is 3.76. The first-order chi connectivity index (χ1) is 26.6. The predicted octanol–water partition coefficient (Wildman–Crippen LogP) is 9.76. The number of carbonyl (C=O) groups excluding carboxylic acids is 2. The lowest BCUT2D eigenvalue weighted by atomic mass is 9.67. The Kier molecular flexibility index (Phi) is 7.93. The molecule has 0 radical (unpaired) electrons. The summed E-state index contributed by atoms with van der Waals surface area (Å²) in [6, 6.07) is 56.4. The fourth-order valence-electron chi connectivity index (χ4n) is 8.75. The summed E-state index contributed by atoms with van der Waals surface area (Å²) in [6.45, 7) is 0. The van der Waals surface area contributed by atoms with Crippen LogP contribution in [0.3, 0.4) is 0 Å². The number of para-hydroxylation sites is 2. The topological polar surface area (TPSA) is 65.3 Å². The SMILES string of the molecule is O=C1c2ccccc2SCC12C(c1ccccc1)C(C1=NN(c3ccccc3)C3(CSc4ccccc4C3=O)C1c1ccccc1)=NN2c1ccccc1. The lowest BCUT2D eigenvalue weighted by molar-refractivity contribution is 0.0883. The van der Waals surface area contributed by atoms with E-state index in [9.17, 15) is 0 Å². The summed E-state index contributed by atoms with van der Waals surface area (Å²) < 4.78 is 0. The second kappa shape index (κ2) is 13.0. The lowest BCUT2D eigenvalue weighted by Gasteiger charge is -2.44. The van der Waals surface area contributed by atoms with E-state index in [-0.39, 0.29) is 11.6 Å². The van der Waals surface area contributed by atoms with Gasteiger partial charge in [-0.15, -0.1) is 23.5 Å². The van der Waals surface area contributed by atoms with Crippen molar-refractivity contribution in [1.82, 2.24) is 0 Å². The molecule has 4 aliphatic heterocycles. The molecule has 2 spiro atoms. The molecule has 4 aliphatic rings. The lowest BCUT2D eigenvalue weighted by Crippen LogP contribution is -2.59. The van der Waals surface area contributed by atoms with Gasteiger partial charge in [0, 0.05) is 32.4 Å². The Morgan fingerprint density at radius 1 is 0.444 bits per heavy atom. The second-order valence-electron chi connectivity index (χ2n) is 14.0. The Bertz CT molecular complexity index is 2300. The van der Waals surface area contributed by atoms with Crippen LogP contribution >= 0.6 is 23.5 Å². The number of benzene rings is 6. The molecule has 54 heavy (non-hydrogen) atoms. The van der Waals surface area contributed by atoms with Crippen LogP contribution in [0.1, 0.15) is 43.7 Å². The van der Waals surface area contributed by atoms with Gasteiger partial charge < -0.3 is 0 Å². The van der Waals surface area contributed by atoms with Gasteiger partial charge in [-0.05, 0) is 47.5 Å². The van der Waals surface area contributed by atoms with Crippen molar-refractivity contribution in [1.29, 1.82) is 0 Å². The molecule has 0 aliphatic carbocycles. The van der Waals surface area contributed by atoms with E-state index in [0.717, 1.165) is 32.3 Å². The maximum absolute atomic E-state index is 15.5. The Labute approximate surface area is 322 Å². The highest BCUT2D eigenvalue weighted by atomic mass is 32.2. The summed E-state index contributed by atoms with van der Waals surface area (Å²) in [5.41, 5.74) is 4.13. The number of nitrogens with zero attached hydrogens (tertiary/aromatic N) is 4. The minimum Gasteiger partial charge on any atom is -0.291 e. The van der Waals surface area contributed by atoms with Gasteiger partial charge in [0.15, 0.2) is 11.6 Å². The quantitative estimate of drug-likeness (QED) is 0.176. The van der Waals surface area contributed by atoms with Crippen LogP contribution in [0.25, 0.3) is 0 Å². The monoisotopic (exact) mass is 738 g/mol. The van der Waals surface area contributed by atoms with Gasteiger partial charge in [0.25, 0.3) is 0 Å². The number of hydrogen-bond acceptors (Lipinski definition) is 8. The molecule has 10 rings (SSSR count). The van der Waals surface area contributed by atoms with E-state index < -0.39 is 22.9 Å². The molecule has 262 valence electrons. The van der Waals surface area contributed by atoms with Crippen LogP contribution in [0, 0.1) is 0 Å². The van der Waals surface area contributed by atoms with Gasteiger partial charge in [-0.3, -0.25) is 9.59 Å². The number of rotatable bonds is 5. The van der Waals surface area contributed by atoms with Gasteiger partial charge in [-0.25, -0.2) is 10.0 Å². The molecule has 4 atom stereocenters. The van der Waals surface area contributed by atoms with Gasteiger partial charge in [-0.2, -0.15) is 10.2 Å². The van der Waals surface area contributed by atoms with Crippen molar-refractivity contribution in [3.63, 3.8) is 0 Å². The van der Waals surface area contributed by atoms with Crippen LogP contribution in [0.5, 0.6) is 0 Å². The molecule has 0 amide bonds. The van der Waals surface area contributed by atoms with Crippen LogP contribution in [0.15, 0.2) is 190 Å². The van der Waals surface area contributed by atoms with Crippen LogP contribution in [-0.4, -0.2) is 45.6 Å². The molecule has 0 fully saturated rings. The number of Topliss-reactive ketones (excluding diaryl/α,β-unsaturated/α-hetero) is 2. The molecule has 0 bridgehead atoms. The summed E-state index contributed by atoms with van der Waals surface area (Å²) in [4.78, 5) is 32.9. The Morgan fingerprint density at radius 2 is 0.778 bits per heavy atom. The minimum absolute atomic E-state index is 0.0241. The molecule has 0 N–H and O–H groups in total. The van der Waals surface area contributed by atoms with E-state index in [4.69, 9.17) is 10.2 Å². The summed E-state index contributed by atoms with van der Waals surface area (Å²) in [6.07, 6.45) is 0. The fraction of sp³-hybridized carbons (Fsp3) is 0.130. The predicted molar refractivity (Wildman–Crippen MR) is 220 cm³/mol. The average molecular weight is 739 g/mol. The first kappa shape index (κ1) is 32.9. The van der Waals surface area contributed by atoms with Crippen LogP contribution < -0.4 is 10.0 Å². The van der Waals surface area contributed by atoms with Gasteiger partial charge in [0.2, 0.25) is 0 Å². The molecule has 6 aromatic rings. The Balaban J connectivity index is 1.26. The zero-order valence-corrected chi connectivity index (χ0v) is 30.8. The summed E-state index contributed by atoms with van der Waals surface area (Å²) in [5, 5.41) is 15.1. The number of carbonyl (C=O) groups is 2. The van der Waals surface area contributed by atoms with Gasteiger partial charge in [0.1, 0.15) is 11.1 Å². The number of hydrazone groups is 2. The highest BCUT2D eigenvalue weighted by molar-refractivity contribution is 7.99. The van der Waals surface area contributed by atoms with Crippen molar-refractivity contribution in [3.8, 4) is 0 Å². The third-order valence-electron chi connectivity index (χ3n) is 11.1. The van der Waals surface area contributed by atoms with E-state index in [1.54, 1.807) is 23.5 Å².